The summed E-state index contributed by atoms with van der Waals surface area (Å²) >= 11 is 6.03. The van der Waals surface area contributed by atoms with Crippen LogP contribution in [0.5, 0.6) is 0 Å². The van der Waals surface area contributed by atoms with Gasteiger partial charge in [0.2, 0.25) is 0 Å². The van der Waals surface area contributed by atoms with Gasteiger partial charge in [0.25, 0.3) is 9.05 Å². The molecule has 4 nitrogen and oxygen atoms in total. The third kappa shape index (κ3) is 3.11. The predicted molar refractivity (Wildman–Crippen MR) is 75.3 cm³/mol. The zero-order valence-corrected chi connectivity index (χ0v) is 12.7. The van der Waals surface area contributed by atoms with Crippen molar-refractivity contribution in [3.63, 3.8) is 0 Å². The molecule has 1 aromatic heterocycles. The lowest BCUT2D eigenvalue weighted by Gasteiger charge is -2.04. The smallest absolute Gasteiger partial charge is 0.248 e. The van der Waals surface area contributed by atoms with Gasteiger partial charge in [-0.2, -0.15) is 5.10 Å². The van der Waals surface area contributed by atoms with E-state index in [-0.39, 0.29) is 10.0 Å². The molecule has 0 spiro atoms. The van der Waals surface area contributed by atoms with Crippen molar-refractivity contribution >= 4 is 31.3 Å². The third-order valence-electron chi connectivity index (χ3n) is 2.71. The molecule has 7 heteroatoms. The first-order valence-corrected chi connectivity index (χ1v) is 8.21. The van der Waals surface area contributed by atoms with E-state index in [0.29, 0.717) is 12.2 Å². The maximum absolute atomic E-state index is 11.4. The molecule has 0 aliphatic carbocycles. The second-order valence-corrected chi connectivity index (χ2v) is 7.15. The monoisotopic (exact) mass is 318 g/mol. The van der Waals surface area contributed by atoms with E-state index >= 15 is 0 Å². The summed E-state index contributed by atoms with van der Waals surface area (Å²) in [7, 11) is 1.46. The number of aryl methyl sites for hydroxylation is 2. The van der Waals surface area contributed by atoms with Crippen LogP contribution in [0.2, 0.25) is 5.15 Å². The molecule has 0 aliphatic rings. The molecule has 2 aromatic rings. The van der Waals surface area contributed by atoms with Crippen LogP contribution in [0, 0.1) is 13.8 Å². The summed E-state index contributed by atoms with van der Waals surface area (Å²) in [6.45, 7) is 3.95. The molecular formula is C12H12Cl2N2O2S. The van der Waals surface area contributed by atoms with Crippen LogP contribution in [-0.2, 0) is 15.6 Å². The number of nitrogens with zero attached hydrogens (tertiary/aromatic N) is 2. The summed E-state index contributed by atoms with van der Waals surface area (Å²) < 4.78 is 24.3. The van der Waals surface area contributed by atoms with Gasteiger partial charge < -0.3 is 0 Å². The van der Waals surface area contributed by atoms with Crippen LogP contribution in [-0.4, -0.2) is 18.2 Å². The third-order valence-corrected chi connectivity index (χ3v) is 4.65. The SMILES string of the molecule is Cc1ccc(Cn2nc(C)c(S(=O)(=O)Cl)c2Cl)cc1. The topological polar surface area (TPSA) is 52.0 Å². The highest BCUT2D eigenvalue weighted by Crippen LogP contribution is 2.28. The van der Waals surface area contributed by atoms with Crippen molar-refractivity contribution in [3.8, 4) is 0 Å². The van der Waals surface area contributed by atoms with Gasteiger partial charge in [-0.1, -0.05) is 41.4 Å². The molecule has 0 atom stereocenters. The number of hydrogen-bond donors (Lipinski definition) is 0. The fourth-order valence-electron chi connectivity index (χ4n) is 1.79. The van der Waals surface area contributed by atoms with Crippen molar-refractivity contribution in [2.45, 2.75) is 25.3 Å². The van der Waals surface area contributed by atoms with Crippen molar-refractivity contribution in [2.75, 3.05) is 0 Å². The Morgan fingerprint density at radius 1 is 1.21 bits per heavy atom. The molecule has 0 fully saturated rings. The van der Waals surface area contributed by atoms with Gasteiger partial charge in [0.15, 0.2) is 0 Å². The molecule has 2 rings (SSSR count). The number of aromatic nitrogens is 2. The molecule has 0 aliphatic heterocycles. The van der Waals surface area contributed by atoms with Crippen molar-refractivity contribution in [2.24, 2.45) is 0 Å². The first-order chi connectivity index (χ1) is 8.79. The van der Waals surface area contributed by atoms with Gasteiger partial charge in [-0.3, -0.25) is 0 Å². The lowest BCUT2D eigenvalue weighted by atomic mass is 10.1. The van der Waals surface area contributed by atoms with E-state index < -0.39 is 9.05 Å². The molecule has 102 valence electrons. The number of hydrogen-bond acceptors (Lipinski definition) is 3. The Kier molecular flexibility index (Phi) is 3.90. The van der Waals surface area contributed by atoms with Gasteiger partial charge in [-0.15, -0.1) is 0 Å². The van der Waals surface area contributed by atoms with E-state index in [2.05, 4.69) is 5.10 Å². The molecule has 0 unspecified atom stereocenters. The van der Waals surface area contributed by atoms with Gasteiger partial charge >= 0.3 is 0 Å². The molecule has 1 heterocycles. The van der Waals surface area contributed by atoms with Gasteiger partial charge in [-0.05, 0) is 19.4 Å². The standard InChI is InChI=1S/C12H12Cl2N2O2S/c1-8-3-5-10(6-4-8)7-16-12(13)11(9(2)15-16)19(14,17)18/h3-6H,7H2,1-2H3. The van der Waals surface area contributed by atoms with Gasteiger partial charge in [0, 0.05) is 10.7 Å². The highest BCUT2D eigenvalue weighted by Gasteiger charge is 2.23. The van der Waals surface area contributed by atoms with Crippen molar-refractivity contribution in [1.29, 1.82) is 0 Å². The fourth-order valence-corrected chi connectivity index (χ4v) is 3.70. The van der Waals surface area contributed by atoms with E-state index in [0.717, 1.165) is 11.1 Å². The van der Waals surface area contributed by atoms with E-state index in [1.54, 1.807) is 6.92 Å². The summed E-state index contributed by atoms with van der Waals surface area (Å²) in [5.74, 6) is 0. The van der Waals surface area contributed by atoms with Crippen LogP contribution in [0.25, 0.3) is 0 Å². The Morgan fingerprint density at radius 3 is 2.26 bits per heavy atom. The number of benzene rings is 1. The minimum absolute atomic E-state index is 0.0353. The Hall–Kier alpha value is -1.04. The average Bonchev–Trinajstić information content (AvgIpc) is 2.56. The highest BCUT2D eigenvalue weighted by molar-refractivity contribution is 8.13. The molecule has 0 bridgehead atoms. The fraction of sp³-hybridized carbons (Fsp3) is 0.250. The summed E-state index contributed by atoms with van der Waals surface area (Å²) in [4.78, 5) is -0.122. The Morgan fingerprint density at radius 2 is 1.79 bits per heavy atom. The largest absolute Gasteiger partial charge is 0.266 e. The molecule has 19 heavy (non-hydrogen) atoms. The van der Waals surface area contributed by atoms with Crippen LogP contribution in [0.3, 0.4) is 0 Å². The Bertz CT molecular complexity index is 706. The molecular weight excluding hydrogens is 307 g/mol. The van der Waals surface area contributed by atoms with Gasteiger partial charge in [0.05, 0.1) is 12.2 Å². The van der Waals surface area contributed by atoms with Crippen LogP contribution < -0.4 is 0 Å². The number of rotatable bonds is 3. The minimum Gasteiger partial charge on any atom is -0.248 e. The number of halogens is 2. The van der Waals surface area contributed by atoms with E-state index in [1.807, 2.05) is 31.2 Å². The lowest BCUT2D eigenvalue weighted by molar-refractivity contribution is 0.609. The molecule has 0 N–H and O–H groups in total. The van der Waals surface area contributed by atoms with Crippen LogP contribution >= 0.6 is 22.3 Å². The molecule has 0 saturated carbocycles. The highest BCUT2D eigenvalue weighted by atomic mass is 35.7. The second-order valence-electron chi connectivity index (χ2n) is 4.29. The first kappa shape index (κ1) is 14.4. The van der Waals surface area contributed by atoms with Gasteiger partial charge in [-0.25, -0.2) is 13.1 Å². The van der Waals surface area contributed by atoms with Gasteiger partial charge in [0.1, 0.15) is 10.0 Å². The molecule has 0 amide bonds. The second kappa shape index (κ2) is 5.15. The van der Waals surface area contributed by atoms with Crippen molar-refractivity contribution in [1.82, 2.24) is 9.78 Å². The molecule has 0 radical (unpaired) electrons. The Labute approximate surface area is 121 Å². The van der Waals surface area contributed by atoms with E-state index in [4.69, 9.17) is 22.3 Å². The van der Waals surface area contributed by atoms with Crippen LogP contribution in [0.4, 0.5) is 0 Å². The minimum atomic E-state index is -3.89. The normalized spacial score (nSPS) is 11.8. The lowest BCUT2D eigenvalue weighted by Crippen LogP contribution is -2.02. The zero-order chi connectivity index (χ0) is 14.2. The van der Waals surface area contributed by atoms with Crippen LogP contribution in [0.1, 0.15) is 16.8 Å². The predicted octanol–water partition coefficient (Wildman–Crippen LogP) is 3.13. The summed E-state index contributed by atoms with van der Waals surface area (Å²) in [5.41, 5.74) is 2.43. The Balaban J connectivity index is 2.40. The summed E-state index contributed by atoms with van der Waals surface area (Å²) in [6, 6.07) is 7.83. The van der Waals surface area contributed by atoms with E-state index in [1.165, 1.54) is 4.68 Å². The zero-order valence-electron chi connectivity index (χ0n) is 10.4. The molecule has 1 aromatic carbocycles. The van der Waals surface area contributed by atoms with E-state index in [9.17, 15) is 8.42 Å². The first-order valence-electron chi connectivity index (χ1n) is 5.52. The maximum atomic E-state index is 11.4. The quantitative estimate of drug-likeness (QED) is 0.817. The summed E-state index contributed by atoms with van der Waals surface area (Å²) in [5, 5.41) is 4.15. The van der Waals surface area contributed by atoms with Crippen molar-refractivity contribution in [3.05, 3.63) is 46.2 Å². The summed E-state index contributed by atoms with van der Waals surface area (Å²) in [6.07, 6.45) is 0. The van der Waals surface area contributed by atoms with Crippen LogP contribution in [0.15, 0.2) is 29.2 Å². The molecule has 0 saturated heterocycles. The maximum Gasteiger partial charge on any atom is 0.266 e. The average molecular weight is 319 g/mol. The van der Waals surface area contributed by atoms with Crippen molar-refractivity contribution < 1.29 is 8.42 Å².